The zero-order chi connectivity index (χ0) is 23.4. The number of aromatic nitrogens is 1. The number of carbonyl (C=O) groups excluding carboxylic acids is 1. The number of carbonyl (C=O) groups is 1. The lowest BCUT2D eigenvalue weighted by Gasteiger charge is -2.62. The van der Waals surface area contributed by atoms with Crippen LogP contribution in [0.2, 0.25) is 0 Å². The highest BCUT2D eigenvalue weighted by molar-refractivity contribution is 5.84. The Morgan fingerprint density at radius 2 is 1.85 bits per heavy atom. The Balaban J connectivity index is 1.32. The molecule has 4 nitrogen and oxygen atoms in total. The van der Waals surface area contributed by atoms with Crippen molar-refractivity contribution in [3.63, 3.8) is 0 Å². The maximum Gasteiger partial charge on any atom is 0.142 e. The van der Waals surface area contributed by atoms with Crippen molar-refractivity contribution in [3.8, 4) is 0 Å². The van der Waals surface area contributed by atoms with E-state index in [1.54, 1.807) is 7.11 Å². The van der Waals surface area contributed by atoms with Crippen molar-refractivity contribution in [1.82, 2.24) is 4.98 Å². The van der Waals surface area contributed by atoms with Crippen LogP contribution in [0.25, 0.3) is 0 Å². The number of hydrogen-bond acceptors (Lipinski definition) is 4. The van der Waals surface area contributed by atoms with Crippen LogP contribution < -0.4 is 0 Å². The fourth-order valence-corrected chi connectivity index (χ4v) is 9.25. The molecule has 0 aliphatic heterocycles. The summed E-state index contributed by atoms with van der Waals surface area (Å²) >= 11 is 0. The molecule has 0 aromatic carbocycles. The molecule has 0 amide bonds. The molecular weight excluding hydrogens is 410 g/mol. The number of hydrogen-bond donors (Lipinski definition) is 1. The van der Waals surface area contributed by atoms with E-state index >= 15 is 0 Å². The van der Waals surface area contributed by atoms with Crippen LogP contribution in [-0.4, -0.2) is 35.2 Å². The first-order chi connectivity index (χ1) is 15.7. The average molecular weight is 454 g/mol. The third-order valence-corrected chi connectivity index (χ3v) is 10.9. The molecule has 1 aromatic rings. The minimum Gasteiger partial charge on any atom is -0.387 e. The van der Waals surface area contributed by atoms with Crippen LogP contribution in [0.3, 0.4) is 0 Å². The summed E-state index contributed by atoms with van der Waals surface area (Å²) in [5.41, 5.74) is 1.77. The Hall–Kier alpha value is -1.26. The molecule has 0 bridgehead atoms. The van der Waals surface area contributed by atoms with Gasteiger partial charge in [0.25, 0.3) is 0 Å². The van der Waals surface area contributed by atoms with Gasteiger partial charge in [-0.25, -0.2) is 0 Å². The Kier molecular flexibility index (Phi) is 6.01. The Morgan fingerprint density at radius 3 is 2.61 bits per heavy atom. The van der Waals surface area contributed by atoms with E-state index in [-0.39, 0.29) is 11.3 Å². The van der Waals surface area contributed by atoms with E-state index < -0.39 is 5.60 Å². The average Bonchev–Trinajstić information content (AvgIpc) is 3.12. The molecule has 0 unspecified atom stereocenters. The third-order valence-electron chi connectivity index (χ3n) is 10.9. The second-order valence-corrected chi connectivity index (χ2v) is 12.6. The number of aryl methyl sites for hydroxylation is 1. The molecule has 1 aromatic heterocycles. The molecule has 8 atom stereocenters. The molecule has 33 heavy (non-hydrogen) atoms. The fraction of sp³-hybridized carbons (Fsp3) is 0.793. The van der Waals surface area contributed by atoms with Crippen LogP contribution in [0.15, 0.2) is 18.2 Å². The largest absolute Gasteiger partial charge is 0.387 e. The SMILES string of the molecule is COC[C@@]1(O)CC[C@@]2(C)[C@H](CC[C@@H]3[C@@H]2CC[C@]2(C)[C@@H](C(=O)Cc4cccc(C)n4)CC[C@@H]32)C1. The molecule has 4 aliphatic rings. The number of ketones is 1. The van der Waals surface area contributed by atoms with Gasteiger partial charge < -0.3 is 9.84 Å². The van der Waals surface area contributed by atoms with E-state index in [0.29, 0.717) is 36.1 Å². The highest BCUT2D eigenvalue weighted by Crippen LogP contribution is 2.68. The van der Waals surface area contributed by atoms with Gasteiger partial charge in [0.1, 0.15) is 5.78 Å². The van der Waals surface area contributed by atoms with Gasteiger partial charge in [-0.15, -0.1) is 0 Å². The van der Waals surface area contributed by atoms with Gasteiger partial charge in [-0.3, -0.25) is 9.78 Å². The number of Topliss-reactive ketones (excluding diaryl/α,β-unsaturated/α-hetero) is 1. The van der Waals surface area contributed by atoms with Crippen molar-refractivity contribution >= 4 is 5.78 Å². The normalized spacial score (nSPS) is 44.6. The van der Waals surface area contributed by atoms with Gasteiger partial charge in [0.15, 0.2) is 0 Å². The molecule has 4 heteroatoms. The van der Waals surface area contributed by atoms with Gasteiger partial charge in [-0.05, 0) is 111 Å². The summed E-state index contributed by atoms with van der Waals surface area (Å²) in [5.74, 6) is 3.37. The second-order valence-electron chi connectivity index (χ2n) is 12.6. The lowest BCUT2D eigenvalue weighted by atomic mass is 9.44. The third kappa shape index (κ3) is 3.89. The Bertz CT molecular complexity index is 901. The molecule has 182 valence electrons. The first-order valence-electron chi connectivity index (χ1n) is 13.4. The predicted octanol–water partition coefficient (Wildman–Crippen LogP) is 5.54. The summed E-state index contributed by atoms with van der Waals surface area (Å²) in [7, 11) is 1.71. The lowest BCUT2D eigenvalue weighted by Crippen LogP contribution is -2.56. The van der Waals surface area contributed by atoms with Crippen LogP contribution in [0.1, 0.15) is 83.0 Å². The van der Waals surface area contributed by atoms with Crippen LogP contribution in [0.4, 0.5) is 0 Å². The standard InChI is InChI=1S/C29H43NO3/c1-19-6-5-7-21(30-19)16-26(31)25-11-10-23-22-9-8-20-17-29(32,18-33-4)15-14-27(20,2)24(22)12-13-28(23,25)3/h5-7,20,22-25,32H,8-18H2,1-4H3/t20-,22+,23+,24+,25-,27+,28+,29-/m1/s1. The van der Waals surface area contributed by atoms with E-state index in [9.17, 15) is 9.90 Å². The summed E-state index contributed by atoms with van der Waals surface area (Å²) in [5, 5.41) is 11.1. The van der Waals surface area contributed by atoms with Crippen molar-refractivity contribution in [2.45, 2.75) is 90.6 Å². The smallest absolute Gasteiger partial charge is 0.142 e. The van der Waals surface area contributed by atoms with Gasteiger partial charge in [0.2, 0.25) is 0 Å². The Labute approximate surface area is 199 Å². The second kappa shape index (κ2) is 8.45. The van der Waals surface area contributed by atoms with E-state index in [1.807, 2.05) is 25.1 Å². The van der Waals surface area contributed by atoms with Crippen molar-refractivity contribution < 1.29 is 14.6 Å². The minimum atomic E-state index is -0.635. The van der Waals surface area contributed by atoms with Gasteiger partial charge in [-0.2, -0.15) is 0 Å². The summed E-state index contributed by atoms with van der Waals surface area (Å²) in [6.45, 7) is 7.44. The predicted molar refractivity (Wildman–Crippen MR) is 130 cm³/mol. The Morgan fingerprint density at radius 1 is 1.06 bits per heavy atom. The zero-order valence-corrected chi connectivity index (χ0v) is 21.1. The lowest BCUT2D eigenvalue weighted by molar-refractivity contribution is -0.164. The van der Waals surface area contributed by atoms with E-state index in [4.69, 9.17) is 4.74 Å². The molecule has 0 radical (unpaired) electrons. The molecule has 1 heterocycles. The summed E-state index contributed by atoms with van der Waals surface area (Å²) in [6, 6.07) is 6.03. The van der Waals surface area contributed by atoms with Crippen LogP contribution in [-0.2, 0) is 16.0 Å². The highest BCUT2D eigenvalue weighted by Gasteiger charge is 2.62. The van der Waals surface area contributed by atoms with Crippen LogP contribution in [0.5, 0.6) is 0 Å². The van der Waals surface area contributed by atoms with Crippen molar-refractivity contribution in [2.24, 2.45) is 40.4 Å². The minimum absolute atomic E-state index is 0.150. The summed E-state index contributed by atoms with van der Waals surface area (Å²) in [6.07, 6.45) is 10.6. The zero-order valence-electron chi connectivity index (χ0n) is 21.1. The summed E-state index contributed by atoms with van der Waals surface area (Å²) in [4.78, 5) is 18.1. The van der Waals surface area contributed by atoms with Crippen molar-refractivity contribution in [2.75, 3.05) is 13.7 Å². The fourth-order valence-electron chi connectivity index (χ4n) is 9.25. The molecular formula is C29H43NO3. The topological polar surface area (TPSA) is 59.4 Å². The quantitative estimate of drug-likeness (QED) is 0.636. The number of rotatable bonds is 5. The first-order valence-corrected chi connectivity index (χ1v) is 13.4. The molecule has 1 N–H and O–H groups in total. The number of ether oxygens (including phenoxy) is 1. The van der Waals surface area contributed by atoms with Gasteiger partial charge >= 0.3 is 0 Å². The highest BCUT2D eigenvalue weighted by atomic mass is 16.5. The van der Waals surface area contributed by atoms with Gasteiger partial charge in [0.05, 0.1) is 12.2 Å². The van der Waals surface area contributed by atoms with Crippen molar-refractivity contribution in [3.05, 3.63) is 29.6 Å². The maximum absolute atomic E-state index is 13.5. The number of aliphatic hydroxyl groups is 1. The van der Waals surface area contributed by atoms with Crippen molar-refractivity contribution in [1.29, 1.82) is 0 Å². The number of nitrogens with zero attached hydrogens (tertiary/aromatic N) is 1. The van der Waals surface area contributed by atoms with E-state index in [2.05, 4.69) is 18.8 Å². The molecule has 4 saturated carbocycles. The van der Waals surface area contributed by atoms with Crippen LogP contribution >= 0.6 is 0 Å². The molecule has 5 rings (SSSR count). The first kappa shape index (κ1) is 23.5. The van der Waals surface area contributed by atoms with Crippen LogP contribution in [0, 0.1) is 47.3 Å². The van der Waals surface area contributed by atoms with E-state index in [1.165, 1.54) is 32.1 Å². The number of methoxy groups -OCH3 is 1. The molecule has 4 fully saturated rings. The number of pyridine rings is 1. The summed E-state index contributed by atoms with van der Waals surface area (Å²) < 4.78 is 5.37. The van der Waals surface area contributed by atoms with Gasteiger partial charge in [0, 0.05) is 30.8 Å². The van der Waals surface area contributed by atoms with Gasteiger partial charge in [-0.1, -0.05) is 19.9 Å². The number of fused-ring (bicyclic) bond motifs is 5. The monoisotopic (exact) mass is 453 g/mol. The molecule has 0 spiro atoms. The maximum atomic E-state index is 13.5. The molecule has 0 saturated heterocycles. The van der Waals surface area contributed by atoms with E-state index in [0.717, 1.165) is 48.9 Å². The molecule has 4 aliphatic carbocycles.